The topological polar surface area (TPSA) is 55.0 Å². The summed E-state index contributed by atoms with van der Waals surface area (Å²) in [4.78, 5) is 19.2. The second kappa shape index (κ2) is 6.04. The van der Waals surface area contributed by atoms with E-state index in [2.05, 4.69) is 25.9 Å². The summed E-state index contributed by atoms with van der Waals surface area (Å²) < 4.78 is 6.66. The first kappa shape index (κ1) is 14.5. The molecule has 1 aromatic heterocycles. The van der Waals surface area contributed by atoms with E-state index in [4.69, 9.17) is 4.74 Å². The zero-order valence-electron chi connectivity index (χ0n) is 10.5. The van der Waals surface area contributed by atoms with Crippen molar-refractivity contribution >= 4 is 38.5 Å². The molecule has 0 saturated carbocycles. The number of nitrogens with zero attached hydrogens (tertiary/aromatic N) is 1. The van der Waals surface area contributed by atoms with Crippen LogP contribution in [0.4, 0.5) is 0 Å². The van der Waals surface area contributed by atoms with E-state index in [-0.39, 0.29) is 5.56 Å². The number of H-pyrrole nitrogens is 1. The van der Waals surface area contributed by atoms with E-state index in [0.29, 0.717) is 9.39 Å². The second-order valence-electron chi connectivity index (χ2n) is 3.88. The molecule has 0 fully saturated rings. The molecule has 0 bridgehead atoms. The van der Waals surface area contributed by atoms with E-state index in [0.717, 1.165) is 27.9 Å². The third-order valence-corrected chi connectivity index (χ3v) is 4.42. The zero-order valence-corrected chi connectivity index (χ0v) is 14.2. The normalized spacial score (nSPS) is 10.5. The van der Waals surface area contributed by atoms with Crippen LogP contribution in [-0.4, -0.2) is 17.1 Å². The van der Waals surface area contributed by atoms with Gasteiger partial charge in [0.25, 0.3) is 5.56 Å². The van der Waals surface area contributed by atoms with Crippen molar-refractivity contribution in [1.29, 1.82) is 0 Å². The summed E-state index contributed by atoms with van der Waals surface area (Å²) in [5.41, 5.74) is 1.55. The highest BCUT2D eigenvalue weighted by Gasteiger charge is 2.10. The van der Waals surface area contributed by atoms with Crippen LogP contribution < -0.4 is 10.3 Å². The lowest BCUT2D eigenvalue weighted by Gasteiger charge is -2.08. The Morgan fingerprint density at radius 1 is 1.47 bits per heavy atom. The summed E-state index contributed by atoms with van der Waals surface area (Å²) >= 11 is 5.45. The van der Waals surface area contributed by atoms with Gasteiger partial charge < -0.3 is 9.72 Å². The maximum Gasteiger partial charge on any atom is 0.264 e. The number of hydrogen-bond donors (Lipinski definition) is 1. The predicted octanol–water partition coefficient (Wildman–Crippen LogP) is 3.38. The molecule has 0 radical (unpaired) electrons. The summed E-state index contributed by atoms with van der Waals surface area (Å²) in [5.74, 6) is 1.32. The highest BCUT2D eigenvalue weighted by molar-refractivity contribution is 14.1. The van der Waals surface area contributed by atoms with Crippen LogP contribution in [0.2, 0.25) is 0 Å². The molecule has 0 aliphatic heterocycles. The highest BCUT2D eigenvalue weighted by atomic mass is 127. The highest BCUT2D eigenvalue weighted by Crippen LogP contribution is 2.29. The van der Waals surface area contributed by atoms with Crippen LogP contribution in [-0.2, 0) is 6.42 Å². The largest absolute Gasteiger partial charge is 0.496 e. The van der Waals surface area contributed by atoms with Gasteiger partial charge in [0.1, 0.15) is 11.6 Å². The fourth-order valence-corrected chi connectivity index (χ4v) is 2.87. The smallest absolute Gasteiger partial charge is 0.264 e. The maximum atomic E-state index is 11.9. The van der Waals surface area contributed by atoms with Gasteiger partial charge in [0.2, 0.25) is 0 Å². The number of benzene rings is 1. The number of methoxy groups -OCH3 is 1. The Hall–Kier alpha value is -0.890. The number of hydrogen-bond acceptors (Lipinski definition) is 3. The van der Waals surface area contributed by atoms with Crippen LogP contribution in [0.5, 0.6) is 5.75 Å². The van der Waals surface area contributed by atoms with E-state index in [1.807, 2.05) is 47.7 Å². The molecule has 1 aromatic carbocycles. The molecule has 6 heteroatoms. The number of rotatable bonds is 3. The average Bonchev–Trinajstić information content (AvgIpc) is 2.41. The molecule has 1 heterocycles. The van der Waals surface area contributed by atoms with E-state index < -0.39 is 0 Å². The number of aryl methyl sites for hydroxylation is 1. The molecule has 0 spiro atoms. The van der Waals surface area contributed by atoms with Gasteiger partial charge in [-0.25, -0.2) is 4.98 Å². The van der Waals surface area contributed by atoms with E-state index in [1.165, 1.54) is 0 Å². The fourth-order valence-electron chi connectivity index (χ4n) is 1.69. The Morgan fingerprint density at radius 2 is 2.21 bits per heavy atom. The monoisotopic (exact) mass is 434 g/mol. The minimum absolute atomic E-state index is 0.102. The number of aromatic amines is 1. The summed E-state index contributed by atoms with van der Waals surface area (Å²) in [7, 11) is 1.61. The molecule has 4 nitrogen and oxygen atoms in total. The average molecular weight is 435 g/mol. The Bertz CT molecular complexity index is 670. The fraction of sp³-hybridized carbons (Fsp3) is 0.231. The van der Waals surface area contributed by atoms with Crippen LogP contribution >= 0.6 is 38.5 Å². The Kier molecular flexibility index (Phi) is 4.62. The number of halogens is 2. The Balaban J connectivity index is 2.56. The molecular formula is C13H12BrIN2O2. The summed E-state index contributed by atoms with van der Waals surface area (Å²) in [6.07, 6.45) is 0.729. The van der Waals surface area contributed by atoms with Crippen molar-refractivity contribution in [2.45, 2.75) is 13.3 Å². The molecule has 0 aliphatic carbocycles. The van der Waals surface area contributed by atoms with E-state index in [9.17, 15) is 4.79 Å². The van der Waals surface area contributed by atoms with E-state index >= 15 is 0 Å². The standard InChI is InChI=1S/C13H12BrIN2O2/c1-3-9-11(15)13(18)17-12(16-9)7-4-5-10(19-2)8(14)6-7/h4-6H,3H2,1-2H3,(H,16,17,18). The minimum atomic E-state index is -0.102. The molecule has 1 N–H and O–H groups in total. The molecule has 0 atom stereocenters. The molecule has 0 unspecified atom stereocenters. The van der Waals surface area contributed by atoms with Gasteiger partial charge in [-0.1, -0.05) is 6.92 Å². The molecule has 19 heavy (non-hydrogen) atoms. The van der Waals surface area contributed by atoms with Crippen molar-refractivity contribution in [3.8, 4) is 17.1 Å². The van der Waals surface area contributed by atoms with Gasteiger partial charge >= 0.3 is 0 Å². The van der Waals surface area contributed by atoms with Gasteiger partial charge in [0, 0.05) is 5.56 Å². The van der Waals surface area contributed by atoms with Gasteiger partial charge in [-0.2, -0.15) is 0 Å². The molecule has 0 saturated heterocycles. The van der Waals surface area contributed by atoms with Crippen LogP contribution in [0, 0.1) is 3.57 Å². The number of nitrogens with one attached hydrogen (secondary N) is 1. The summed E-state index contributed by atoms with van der Waals surface area (Å²) in [5, 5.41) is 0. The Labute approximate surface area is 132 Å². The lowest BCUT2D eigenvalue weighted by molar-refractivity contribution is 0.412. The molecule has 0 amide bonds. The maximum absolute atomic E-state index is 11.9. The summed E-state index contributed by atoms with van der Waals surface area (Å²) in [6.45, 7) is 1.98. The van der Waals surface area contributed by atoms with Gasteiger partial charge in [0.05, 0.1) is 20.8 Å². The second-order valence-corrected chi connectivity index (χ2v) is 5.81. The number of ether oxygens (including phenoxy) is 1. The first-order valence-electron chi connectivity index (χ1n) is 5.69. The van der Waals surface area contributed by atoms with Crippen molar-refractivity contribution in [3.05, 3.63) is 42.3 Å². The van der Waals surface area contributed by atoms with Gasteiger partial charge in [-0.15, -0.1) is 0 Å². The first-order chi connectivity index (χ1) is 9.06. The van der Waals surface area contributed by atoms with Crippen LogP contribution in [0.25, 0.3) is 11.4 Å². The van der Waals surface area contributed by atoms with Crippen molar-refractivity contribution in [2.24, 2.45) is 0 Å². The van der Waals surface area contributed by atoms with Crippen LogP contribution in [0.1, 0.15) is 12.6 Å². The SMILES string of the molecule is CCc1nc(-c2ccc(OC)c(Br)c2)[nH]c(=O)c1I. The first-order valence-corrected chi connectivity index (χ1v) is 7.56. The quantitative estimate of drug-likeness (QED) is 0.753. The minimum Gasteiger partial charge on any atom is -0.496 e. The van der Waals surface area contributed by atoms with Crippen molar-refractivity contribution in [3.63, 3.8) is 0 Å². The number of aromatic nitrogens is 2. The molecule has 2 rings (SSSR count). The van der Waals surface area contributed by atoms with Crippen molar-refractivity contribution in [1.82, 2.24) is 9.97 Å². The lowest BCUT2D eigenvalue weighted by Crippen LogP contribution is -2.16. The van der Waals surface area contributed by atoms with Gasteiger partial charge in [-0.3, -0.25) is 4.79 Å². The predicted molar refractivity (Wildman–Crippen MR) is 86.6 cm³/mol. The van der Waals surface area contributed by atoms with Crippen LogP contribution in [0.15, 0.2) is 27.5 Å². The van der Waals surface area contributed by atoms with Crippen molar-refractivity contribution in [2.75, 3.05) is 7.11 Å². The van der Waals surface area contributed by atoms with Crippen molar-refractivity contribution < 1.29 is 4.74 Å². The molecule has 100 valence electrons. The van der Waals surface area contributed by atoms with Gasteiger partial charge in [0.15, 0.2) is 0 Å². The summed E-state index contributed by atoms with van der Waals surface area (Å²) in [6, 6.07) is 5.58. The third-order valence-electron chi connectivity index (χ3n) is 2.69. The molecule has 0 aliphatic rings. The molecular weight excluding hydrogens is 423 g/mol. The molecule has 2 aromatic rings. The van der Waals surface area contributed by atoms with Crippen LogP contribution in [0.3, 0.4) is 0 Å². The van der Waals surface area contributed by atoms with Gasteiger partial charge in [-0.05, 0) is 63.1 Å². The zero-order chi connectivity index (χ0) is 14.0. The lowest BCUT2D eigenvalue weighted by atomic mass is 10.2. The van der Waals surface area contributed by atoms with E-state index in [1.54, 1.807) is 7.11 Å². The Morgan fingerprint density at radius 3 is 2.79 bits per heavy atom. The third kappa shape index (κ3) is 3.00.